The molecule has 0 aliphatic heterocycles. The molecule has 0 unspecified atom stereocenters. The van der Waals surface area contributed by atoms with Crippen LogP contribution in [0.4, 0.5) is 0 Å². The largest absolute Gasteiger partial charge is 0.494 e. The van der Waals surface area contributed by atoms with E-state index in [1.165, 1.54) is 51.0 Å². The molecule has 8 nitrogen and oxygen atoms in total. The van der Waals surface area contributed by atoms with E-state index in [0.717, 1.165) is 25.9 Å². The summed E-state index contributed by atoms with van der Waals surface area (Å²) in [4.78, 5) is 23.8. The average Bonchev–Trinajstić information content (AvgIpc) is 2.85. The summed E-state index contributed by atoms with van der Waals surface area (Å²) in [6.45, 7) is 1.46. The van der Waals surface area contributed by atoms with Crippen LogP contribution in [-0.4, -0.2) is 50.2 Å². The van der Waals surface area contributed by atoms with Crippen LogP contribution >= 0.6 is 0 Å². The van der Waals surface area contributed by atoms with Crippen molar-refractivity contribution in [3.05, 3.63) is 64.7 Å². The van der Waals surface area contributed by atoms with Gasteiger partial charge in [0.05, 0.1) is 19.3 Å². The van der Waals surface area contributed by atoms with Crippen molar-refractivity contribution in [3.8, 4) is 5.75 Å². The highest BCUT2D eigenvalue weighted by Gasteiger charge is 2.19. The monoisotopic (exact) mass is 470 g/mol. The zero-order valence-electron chi connectivity index (χ0n) is 19.9. The number of unbranched alkanes of at least 4 members (excludes halogenated alkanes) is 6. The highest BCUT2D eigenvalue weighted by atomic mass is 16.5. The van der Waals surface area contributed by atoms with Gasteiger partial charge in [-0.3, -0.25) is 4.79 Å². The Bertz CT molecular complexity index is 956. The number of ether oxygens (including phenoxy) is 3. The number of esters is 1. The summed E-state index contributed by atoms with van der Waals surface area (Å²) in [7, 11) is 2.99. The first kappa shape index (κ1) is 26.9. The molecular weight excluding hydrogens is 436 g/mol. The van der Waals surface area contributed by atoms with Crippen LogP contribution in [0, 0.1) is 0 Å². The molecule has 0 saturated carbocycles. The first-order valence-electron chi connectivity index (χ1n) is 11.5. The normalized spacial score (nSPS) is 11.3. The molecule has 0 aliphatic rings. The molecule has 0 saturated heterocycles. The molecule has 34 heavy (non-hydrogen) atoms. The molecule has 0 spiro atoms. The molecule has 8 heteroatoms. The fourth-order valence-corrected chi connectivity index (χ4v) is 3.60. The molecular formula is C26H34N2O6. The van der Waals surface area contributed by atoms with Crippen LogP contribution in [0.5, 0.6) is 5.75 Å². The van der Waals surface area contributed by atoms with Crippen LogP contribution in [0.25, 0.3) is 0 Å². The van der Waals surface area contributed by atoms with E-state index < -0.39 is 11.9 Å². The van der Waals surface area contributed by atoms with E-state index in [1.807, 2.05) is 0 Å². The predicted octanol–water partition coefficient (Wildman–Crippen LogP) is 4.55. The number of hydrogen-bond acceptors (Lipinski definition) is 7. The lowest BCUT2D eigenvalue weighted by Gasteiger charge is -2.12. The van der Waals surface area contributed by atoms with Gasteiger partial charge in [0.1, 0.15) is 11.5 Å². The quantitative estimate of drug-likeness (QED) is 0.129. The first-order chi connectivity index (χ1) is 16.5. The summed E-state index contributed by atoms with van der Waals surface area (Å²) in [6, 6.07) is 11.2. The topological polar surface area (TPSA) is 120 Å². The van der Waals surface area contributed by atoms with Crippen molar-refractivity contribution in [2.75, 3.05) is 27.4 Å². The number of nitrogens with zero attached hydrogens (tertiary/aromatic N) is 1. The van der Waals surface area contributed by atoms with Gasteiger partial charge in [0, 0.05) is 30.4 Å². The first-order valence-corrected chi connectivity index (χ1v) is 11.5. The molecule has 2 rings (SSSR count). The number of carbonyl (C=O) groups is 2. The number of carbonyl (C=O) groups excluding carboxylic acids is 2. The van der Waals surface area contributed by atoms with Crippen molar-refractivity contribution in [1.29, 1.82) is 0 Å². The molecule has 0 radical (unpaired) electrons. The van der Waals surface area contributed by atoms with Crippen molar-refractivity contribution < 1.29 is 29.0 Å². The van der Waals surface area contributed by atoms with Crippen LogP contribution in [0.3, 0.4) is 0 Å². The summed E-state index contributed by atoms with van der Waals surface area (Å²) in [5.74, 6) is -0.592. The Morgan fingerprint density at radius 3 is 1.97 bits per heavy atom. The summed E-state index contributed by atoms with van der Waals surface area (Å²) >= 11 is 0. The lowest BCUT2D eigenvalue weighted by molar-refractivity contribution is 0.0600. The number of hydrogen-bond donors (Lipinski definition) is 2. The van der Waals surface area contributed by atoms with E-state index in [-0.39, 0.29) is 22.4 Å². The molecule has 0 fully saturated rings. The van der Waals surface area contributed by atoms with Gasteiger partial charge >= 0.3 is 5.97 Å². The van der Waals surface area contributed by atoms with Gasteiger partial charge in [-0.2, -0.15) is 0 Å². The van der Waals surface area contributed by atoms with Crippen LogP contribution in [0.1, 0.15) is 76.8 Å². The van der Waals surface area contributed by atoms with Gasteiger partial charge in [-0.25, -0.2) is 4.79 Å². The van der Waals surface area contributed by atoms with Crippen molar-refractivity contribution >= 4 is 17.6 Å². The lowest BCUT2D eigenvalue weighted by atomic mass is 9.95. The Hall–Kier alpha value is -3.39. The van der Waals surface area contributed by atoms with Gasteiger partial charge in [0.25, 0.3) is 0 Å². The molecule has 1 amide bonds. The molecule has 3 N–H and O–H groups in total. The molecule has 2 aromatic rings. The molecule has 0 aromatic heterocycles. The second-order valence-corrected chi connectivity index (χ2v) is 7.91. The number of nitrogens with two attached hydrogens (primary N) is 1. The van der Waals surface area contributed by atoms with E-state index in [4.69, 9.17) is 19.9 Å². The molecule has 0 aliphatic carbocycles. The third-order valence-electron chi connectivity index (χ3n) is 5.45. The van der Waals surface area contributed by atoms with Crippen molar-refractivity contribution in [1.82, 2.24) is 0 Å². The predicted molar refractivity (Wildman–Crippen MR) is 130 cm³/mol. The Kier molecular flexibility index (Phi) is 11.6. The van der Waals surface area contributed by atoms with Gasteiger partial charge in [-0.15, -0.1) is 0 Å². The number of oxime groups is 1. The molecule has 184 valence electrons. The summed E-state index contributed by atoms with van der Waals surface area (Å²) in [5.41, 5.74) is 6.68. The summed E-state index contributed by atoms with van der Waals surface area (Å²) < 4.78 is 15.6. The fraction of sp³-hybridized carbons (Fsp3) is 0.423. The minimum atomic E-state index is -0.706. The number of methoxy groups -OCH3 is 2. The van der Waals surface area contributed by atoms with E-state index in [2.05, 4.69) is 5.16 Å². The molecule has 0 heterocycles. The lowest BCUT2D eigenvalue weighted by Crippen LogP contribution is -2.18. The summed E-state index contributed by atoms with van der Waals surface area (Å²) in [5, 5.41) is 13.0. The van der Waals surface area contributed by atoms with Gasteiger partial charge in [-0.05, 0) is 55.3 Å². The minimum absolute atomic E-state index is 0.108. The number of benzene rings is 2. The average molecular weight is 471 g/mol. The molecule has 0 bridgehead atoms. The van der Waals surface area contributed by atoms with Gasteiger partial charge in [0.2, 0.25) is 5.91 Å². The third-order valence-corrected chi connectivity index (χ3v) is 5.45. The van der Waals surface area contributed by atoms with Crippen molar-refractivity contribution in [2.45, 2.75) is 44.9 Å². The van der Waals surface area contributed by atoms with E-state index in [0.29, 0.717) is 17.9 Å². The molecule has 0 atom stereocenters. The van der Waals surface area contributed by atoms with E-state index >= 15 is 0 Å². The maximum absolute atomic E-state index is 11.9. The van der Waals surface area contributed by atoms with Gasteiger partial charge in [0.15, 0.2) is 0 Å². The Labute approximate surface area is 200 Å². The smallest absolute Gasteiger partial charge is 0.337 e. The Morgan fingerprint density at radius 2 is 1.41 bits per heavy atom. The highest BCUT2D eigenvalue weighted by molar-refractivity contribution is 6.18. The van der Waals surface area contributed by atoms with Crippen LogP contribution in [0.2, 0.25) is 0 Å². The number of amides is 1. The maximum atomic E-state index is 11.9. The number of primary amides is 1. The van der Waals surface area contributed by atoms with Crippen LogP contribution in [-0.2, 0) is 9.47 Å². The van der Waals surface area contributed by atoms with E-state index in [9.17, 15) is 14.8 Å². The second kappa shape index (κ2) is 14.7. The van der Waals surface area contributed by atoms with Crippen LogP contribution < -0.4 is 10.5 Å². The fourth-order valence-electron chi connectivity index (χ4n) is 3.60. The Morgan fingerprint density at radius 1 is 0.824 bits per heavy atom. The maximum Gasteiger partial charge on any atom is 0.337 e. The van der Waals surface area contributed by atoms with Crippen molar-refractivity contribution in [2.24, 2.45) is 10.9 Å². The highest BCUT2D eigenvalue weighted by Crippen LogP contribution is 2.21. The summed E-state index contributed by atoms with van der Waals surface area (Å²) in [6.07, 6.45) is 8.09. The Balaban J connectivity index is 1.94. The molecule has 2 aromatic carbocycles. The number of rotatable bonds is 15. The van der Waals surface area contributed by atoms with Gasteiger partial charge < -0.3 is 25.2 Å². The van der Waals surface area contributed by atoms with E-state index in [1.54, 1.807) is 31.4 Å². The van der Waals surface area contributed by atoms with Crippen LogP contribution in [0.15, 0.2) is 47.6 Å². The standard InChI is InChI=1S/C26H34N2O6/c1-32-16-8-6-4-3-5-7-9-17-34-21-13-10-19(11-14-21)24(28-31)23-18-20(26(30)33-2)12-15-22(23)25(27)29/h10-15,18,31H,3-9,16-17H2,1-2H3,(H2,27,29). The zero-order chi connectivity index (χ0) is 24.8. The zero-order valence-corrected chi connectivity index (χ0v) is 19.9. The SMILES string of the molecule is COCCCCCCCCCOc1ccc(C(=NO)c2cc(C(=O)OC)ccc2C(N)=O)cc1. The van der Waals surface area contributed by atoms with Crippen molar-refractivity contribution in [3.63, 3.8) is 0 Å². The minimum Gasteiger partial charge on any atom is -0.494 e. The third kappa shape index (κ3) is 8.19. The van der Waals surface area contributed by atoms with Gasteiger partial charge in [-0.1, -0.05) is 37.3 Å². The second-order valence-electron chi connectivity index (χ2n) is 7.91.